The van der Waals surface area contributed by atoms with Crippen LogP contribution >= 0.6 is 11.3 Å². The number of hydrogen-bond acceptors (Lipinski definition) is 4. The molecule has 0 fully saturated rings. The normalized spacial score (nSPS) is 10.7. The summed E-state index contributed by atoms with van der Waals surface area (Å²) < 4.78 is 1.17. The van der Waals surface area contributed by atoms with Gasteiger partial charge in [0.1, 0.15) is 4.83 Å². The zero-order chi connectivity index (χ0) is 18.1. The summed E-state index contributed by atoms with van der Waals surface area (Å²) in [6, 6.07) is 20.5. The van der Waals surface area contributed by atoms with Crippen molar-refractivity contribution in [3.05, 3.63) is 92.6 Å². The lowest BCUT2D eigenvalue weighted by Crippen LogP contribution is -2.34. The van der Waals surface area contributed by atoms with E-state index in [9.17, 15) is 9.59 Å². The van der Waals surface area contributed by atoms with Gasteiger partial charge in [-0.05, 0) is 29.3 Å². The number of fused-ring (bicyclic) bond motifs is 1. The summed E-state index contributed by atoms with van der Waals surface area (Å²) in [7, 11) is 0. The lowest BCUT2D eigenvalue weighted by atomic mass is 10.1. The van der Waals surface area contributed by atoms with Crippen molar-refractivity contribution in [2.45, 2.75) is 6.54 Å². The minimum atomic E-state index is -0.452. The molecular weight excluding hydrogens is 346 g/mol. The maximum Gasteiger partial charge on any atom is 0.329 e. The van der Waals surface area contributed by atoms with Crippen LogP contribution in [0.25, 0.3) is 20.7 Å². The predicted octanol–water partition coefficient (Wildman–Crippen LogP) is 3.34. The Morgan fingerprint density at radius 2 is 1.85 bits per heavy atom. The highest BCUT2D eigenvalue weighted by Crippen LogP contribution is 2.30. The van der Waals surface area contributed by atoms with Crippen molar-refractivity contribution in [3.63, 3.8) is 0 Å². The molecule has 0 aliphatic carbocycles. The summed E-state index contributed by atoms with van der Waals surface area (Å²) in [5, 5.41) is 9.50. The van der Waals surface area contributed by atoms with E-state index in [2.05, 4.69) is 11.1 Å². The van der Waals surface area contributed by atoms with Gasteiger partial charge in [-0.3, -0.25) is 14.3 Å². The molecule has 2 aromatic heterocycles. The Kier molecular flexibility index (Phi) is 3.99. The molecule has 4 aromatic rings. The van der Waals surface area contributed by atoms with Crippen molar-refractivity contribution >= 4 is 21.6 Å². The highest BCUT2D eigenvalue weighted by molar-refractivity contribution is 7.21. The molecule has 0 radical (unpaired) electrons. The third-order valence-corrected chi connectivity index (χ3v) is 5.23. The molecule has 4 rings (SSSR count). The van der Waals surface area contributed by atoms with Gasteiger partial charge in [0, 0.05) is 4.88 Å². The molecule has 2 aromatic carbocycles. The topological polar surface area (TPSA) is 78.7 Å². The molecule has 0 amide bonds. The number of thiophene rings is 1. The number of H-pyrrole nitrogens is 1. The average molecular weight is 359 g/mol. The molecule has 0 aliphatic heterocycles. The van der Waals surface area contributed by atoms with Crippen LogP contribution in [0.2, 0.25) is 0 Å². The first-order valence-electron chi connectivity index (χ1n) is 7.97. The Labute approximate surface area is 152 Å². The molecule has 0 saturated heterocycles. The van der Waals surface area contributed by atoms with Gasteiger partial charge in [-0.25, -0.2) is 4.79 Å². The smallest absolute Gasteiger partial charge is 0.298 e. The van der Waals surface area contributed by atoms with E-state index in [1.54, 1.807) is 24.3 Å². The summed E-state index contributed by atoms with van der Waals surface area (Å²) in [4.78, 5) is 29.5. The largest absolute Gasteiger partial charge is 0.329 e. The first kappa shape index (κ1) is 16.1. The molecule has 0 spiro atoms. The van der Waals surface area contributed by atoms with E-state index in [0.29, 0.717) is 15.8 Å². The van der Waals surface area contributed by atoms with E-state index in [0.717, 1.165) is 16.0 Å². The number of aromatic amines is 1. The molecular formula is C20H13N3O2S. The Hall–Kier alpha value is -3.43. The van der Waals surface area contributed by atoms with Crippen molar-refractivity contribution in [1.29, 1.82) is 5.26 Å². The molecule has 0 saturated carbocycles. The molecule has 6 heteroatoms. The van der Waals surface area contributed by atoms with Gasteiger partial charge in [-0.1, -0.05) is 42.5 Å². The zero-order valence-corrected chi connectivity index (χ0v) is 14.4. The predicted molar refractivity (Wildman–Crippen MR) is 102 cm³/mol. The van der Waals surface area contributed by atoms with Crippen LogP contribution in [-0.4, -0.2) is 9.55 Å². The maximum atomic E-state index is 12.8. The van der Waals surface area contributed by atoms with Crippen LogP contribution in [-0.2, 0) is 6.54 Å². The van der Waals surface area contributed by atoms with Gasteiger partial charge in [0.15, 0.2) is 0 Å². The lowest BCUT2D eigenvalue weighted by molar-refractivity contribution is 0.712. The molecule has 0 unspecified atom stereocenters. The monoisotopic (exact) mass is 359 g/mol. The summed E-state index contributed by atoms with van der Waals surface area (Å²) in [5.74, 6) is 0. The third-order valence-electron chi connectivity index (χ3n) is 4.13. The number of nitrogens with zero attached hydrogens (tertiary/aromatic N) is 2. The summed E-state index contributed by atoms with van der Waals surface area (Å²) in [5.41, 5.74) is 1.45. The zero-order valence-electron chi connectivity index (χ0n) is 13.6. The Morgan fingerprint density at radius 3 is 2.62 bits per heavy atom. The number of nitrogens with one attached hydrogen (secondary N) is 1. The van der Waals surface area contributed by atoms with E-state index >= 15 is 0 Å². The second-order valence-corrected chi connectivity index (χ2v) is 6.91. The molecule has 0 bridgehead atoms. The van der Waals surface area contributed by atoms with Crippen molar-refractivity contribution in [2.24, 2.45) is 0 Å². The highest BCUT2D eigenvalue weighted by Gasteiger charge is 2.12. The molecule has 0 aliphatic rings. The Morgan fingerprint density at radius 1 is 1.04 bits per heavy atom. The van der Waals surface area contributed by atoms with Crippen LogP contribution in [0.4, 0.5) is 0 Å². The van der Waals surface area contributed by atoms with E-state index in [1.807, 2.05) is 36.4 Å². The number of rotatable bonds is 3. The number of nitriles is 1. The summed E-state index contributed by atoms with van der Waals surface area (Å²) in [6.07, 6.45) is 0. The molecule has 2 heterocycles. The lowest BCUT2D eigenvalue weighted by Gasteiger charge is -2.05. The van der Waals surface area contributed by atoms with Crippen LogP contribution in [0.1, 0.15) is 11.1 Å². The Bertz CT molecular complexity index is 1260. The summed E-state index contributed by atoms with van der Waals surface area (Å²) >= 11 is 1.39. The van der Waals surface area contributed by atoms with Crippen LogP contribution in [0.3, 0.4) is 0 Å². The fraction of sp³-hybridized carbons (Fsp3) is 0.0500. The van der Waals surface area contributed by atoms with Gasteiger partial charge >= 0.3 is 5.69 Å². The van der Waals surface area contributed by atoms with E-state index < -0.39 is 5.69 Å². The van der Waals surface area contributed by atoms with Gasteiger partial charge in [-0.2, -0.15) is 5.26 Å². The summed E-state index contributed by atoms with van der Waals surface area (Å²) in [6.45, 7) is 0.121. The standard InChI is InChI=1S/C20H13N3O2S/c21-11-13-5-4-6-14(9-13)12-23-19(24)16-10-17(15-7-2-1-3-8-15)26-18(16)22-20(23)25/h1-10H,12H2,(H,22,25). The first-order chi connectivity index (χ1) is 12.7. The van der Waals surface area contributed by atoms with Gasteiger partial charge in [-0.15, -0.1) is 11.3 Å². The van der Waals surface area contributed by atoms with Gasteiger partial charge in [0.05, 0.1) is 23.6 Å². The van der Waals surface area contributed by atoms with Gasteiger partial charge < -0.3 is 0 Å². The fourth-order valence-corrected chi connectivity index (χ4v) is 3.90. The van der Waals surface area contributed by atoms with Crippen molar-refractivity contribution in [2.75, 3.05) is 0 Å². The van der Waals surface area contributed by atoms with Gasteiger partial charge in [0.25, 0.3) is 5.56 Å². The van der Waals surface area contributed by atoms with Crippen LogP contribution < -0.4 is 11.2 Å². The molecule has 0 atom stereocenters. The van der Waals surface area contributed by atoms with Gasteiger partial charge in [0.2, 0.25) is 0 Å². The molecule has 26 heavy (non-hydrogen) atoms. The minimum absolute atomic E-state index is 0.121. The van der Waals surface area contributed by atoms with E-state index in [1.165, 1.54) is 15.9 Å². The van der Waals surface area contributed by atoms with Crippen LogP contribution in [0.5, 0.6) is 0 Å². The molecule has 1 N–H and O–H groups in total. The number of aromatic nitrogens is 2. The number of hydrogen-bond donors (Lipinski definition) is 1. The third kappa shape index (κ3) is 2.85. The van der Waals surface area contributed by atoms with Crippen LogP contribution in [0.15, 0.2) is 70.3 Å². The number of benzene rings is 2. The average Bonchev–Trinajstić information content (AvgIpc) is 3.10. The second kappa shape index (κ2) is 6.47. The van der Waals surface area contributed by atoms with Crippen LogP contribution in [0, 0.1) is 11.3 Å². The second-order valence-electron chi connectivity index (χ2n) is 5.85. The van der Waals surface area contributed by atoms with Crippen molar-refractivity contribution in [1.82, 2.24) is 9.55 Å². The quantitative estimate of drug-likeness (QED) is 0.609. The fourth-order valence-electron chi connectivity index (χ4n) is 2.86. The minimum Gasteiger partial charge on any atom is -0.298 e. The SMILES string of the molecule is N#Cc1cccc(Cn2c(=O)[nH]c3sc(-c4ccccc4)cc3c2=O)c1. The van der Waals surface area contributed by atoms with Crippen molar-refractivity contribution in [3.8, 4) is 16.5 Å². The maximum absolute atomic E-state index is 12.8. The highest BCUT2D eigenvalue weighted by atomic mass is 32.1. The van der Waals surface area contributed by atoms with E-state index in [4.69, 9.17) is 5.26 Å². The molecule has 5 nitrogen and oxygen atoms in total. The van der Waals surface area contributed by atoms with E-state index in [-0.39, 0.29) is 12.1 Å². The Balaban J connectivity index is 1.82. The first-order valence-corrected chi connectivity index (χ1v) is 8.78. The molecule has 126 valence electrons. The van der Waals surface area contributed by atoms with Crippen molar-refractivity contribution < 1.29 is 0 Å².